The lowest BCUT2D eigenvalue weighted by molar-refractivity contribution is -0.103. The minimum Gasteiger partial charge on any atom is -0.394 e. The number of rotatable bonds is 4. The highest BCUT2D eigenvalue weighted by atomic mass is 16.4. The first-order chi connectivity index (χ1) is 5.54. The average Bonchev–Trinajstić information content (AvgIpc) is 2.12. The largest absolute Gasteiger partial charge is 0.394 e. The topological polar surface area (TPSA) is 125 Å². The van der Waals surface area contributed by atoms with E-state index in [1.165, 1.54) is 6.07 Å². The van der Waals surface area contributed by atoms with E-state index >= 15 is 0 Å². The van der Waals surface area contributed by atoms with Crippen molar-refractivity contribution in [3.05, 3.63) is 0 Å². The molecular formula is C6H11NO5. The molecule has 0 aliphatic rings. The summed E-state index contributed by atoms with van der Waals surface area (Å²) in [5.74, 6) is 0. The Morgan fingerprint density at radius 1 is 1.08 bits per heavy atom. The van der Waals surface area contributed by atoms with Gasteiger partial charge in [-0.1, -0.05) is 0 Å². The molecule has 0 bridgehead atoms. The Morgan fingerprint density at radius 2 is 1.58 bits per heavy atom. The molecular weight excluding hydrogens is 166 g/mol. The van der Waals surface area contributed by atoms with E-state index in [9.17, 15) is 0 Å². The van der Waals surface area contributed by atoms with Gasteiger partial charge in [0.05, 0.1) is 12.7 Å². The van der Waals surface area contributed by atoms with Crippen LogP contribution in [0.2, 0.25) is 0 Å². The molecule has 0 aromatic heterocycles. The van der Waals surface area contributed by atoms with Crippen LogP contribution in [0.1, 0.15) is 0 Å². The molecule has 0 aliphatic carbocycles. The maximum atomic E-state index is 8.92. The van der Waals surface area contributed by atoms with Gasteiger partial charge >= 0.3 is 0 Å². The maximum absolute atomic E-state index is 8.92. The highest BCUT2D eigenvalue weighted by Crippen LogP contribution is 2.03. The first kappa shape index (κ1) is 11.3. The van der Waals surface area contributed by atoms with Crippen LogP contribution < -0.4 is 0 Å². The molecule has 4 atom stereocenters. The van der Waals surface area contributed by atoms with Gasteiger partial charge in [-0.2, -0.15) is 5.26 Å². The van der Waals surface area contributed by atoms with Crippen LogP contribution >= 0.6 is 0 Å². The lowest BCUT2D eigenvalue weighted by atomic mass is 10.0. The fourth-order valence-electron chi connectivity index (χ4n) is 0.599. The predicted molar refractivity (Wildman–Crippen MR) is 36.7 cm³/mol. The van der Waals surface area contributed by atoms with Crippen LogP contribution in [-0.2, 0) is 0 Å². The van der Waals surface area contributed by atoms with E-state index in [0.29, 0.717) is 0 Å². The Morgan fingerprint density at radius 3 is 1.92 bits per heavy atom. The zero-order chi connectivity index (χ0) is 9.72. The maximum Gasteiger partial charge on any atom is 0.168 e. The van der Waals surface area contributed by atoms with E-state index in [1.54, 1.807) is 0 Å². The zero-order valence-electron chi connectivity index (χ0n) is 6.20. The molecule has 12 heavy (non-hydrogen) atoms. The standard InChI is InChI=1S/C6H11NO5/c7-1-3(9)5(11)6(12)4(10)2-8/h3-6,8-12H,2H2/t3-,4-,5+,6-/m1/s1. The Balaban J connectivity index is 4.10. The van der Waals surface area contributed by atoms with Crippen molar-refractivity contribution in [2.24, 2.45) is 0 Å². The Kier molecular flexibility index (Phi) is 4.73. The number of aliphatic hydroxyl groups is 5. The molecule has 0 saturated heterocycles. The van der Waals surface area contributed by atoms with Crippen molar-refractivity contribution in [2.75, 3.05) is 6.61 Å². The lowest BCUT2D eigenvalue weighted by Crippen LogP contribution is -2.45. The summed E-state index contributed by atoms with van der Waals surface area (Å²) in [7, 11) is 0. The molecule has 0 radical (unpaired) electrons. The molecule has 0 amide bonds. The normalized spacial score (nSPS) is 20.7. The van der Waals surface area contributed by atoms with Crippen molar-refractivity contribution in [1.82, 2.24) is 0 Å². The summed E-state index contributed by atoms with van der Waals surface area (Å²) < 4.78 is 0. The van der Waals surface area contributed by atoms with E-state index in [4.69, 9.17) is 30.8 Å². The molecule has 0 rings (SSSR count). The van der Waals surface area contributed by atoms with Crippen LogP contribution in [0, 0.1) is 11.3 Å². The van der Waals surface area contributed by atoms with E-state index < -0.39 is 31.0 Å². The second-order valence-corrected chi connectivity index (χ2v) is 2.31. The summed E-state index contributed by atoms with van der Waals surface area (Å²) >= 11 is 0. The molecule has 0 fully saturated rings. The summed E-state index contributed by atoms with van der Waals surface area (Å²) in [5.41, 5.74) is 0. The lowest BCUT2D eigenvalue weighted by Gasteiger charge is -2.21. The summed E-state index contributed by atoms with van der Waals surface area (Å²) in [6.45, 7) is -0.754. The van der Waals surface area contributed by atoms with Gasteiger partial charge in [0.2, 0.25) is 0 Å². The van der Waals surface area contributed by atoms with Crippen molar-refractivity contribution in [1.29, 1.82) is 5.26 Å². The average molecular weight is 177 g/mol. The van der Waals surface area contributed by atoms with E-state index in [0.717, 1.165) is 0 Å². The molecule has 5 N–H and O–H groups in total. The Hall–Kier alpha value is -0.710. The molecule has 0 aromatic rings. The van der Waals surface area contributed by atoms with Crippen LogP contribution in [0.3, 0.4) is 0 Å². The van der Waals surface area contributed by atoms with Crippen molar-refractivity contribution < 1.29 is 25.5 Å². The smallest absolute Gasteiger partial charge is 0.168 e. The van der Waals surface area contributed by atoms with Gasteiger partial charge in [0.15, 0.2) is 6.10 Å². The number of hydrogen-bond donors (Lipinski definition) is 5. The predicted octanol–water partition coefficient (Wildman–Crippen LogP) is -3.05. The Labute approximate surface area is 68.9 Å². The van der Waals surface area contributed by atoms with Gasteiger partial charge < -0.3 is 25.5 Å². The molecule has 0 saturated carbocycles. The van der Waals surface area contributed by atoms with Gasteiger partial charge in [-0.15, -0.1) is 0 Å². The fraction of sp³-hybridized carbons (Fsp3) is 0.833. The minimum atomic E-state index is -1.78. The number of nitriles is 1. The van der Waals surface area contributed by atoms with Crippen LogP contribution in [0.5, 0.6) is 0 Å². The summed E-state index contributed by atoms with van der Waals surface area (Å²) in [6, 6.07) is 1.28. The molecule has 6 nitrogen and oxygen atoms in total. The quantitative estimate of drug-likeness (QED) is 0.290. The van der Waals surface area contributed by atoms with Crippen molar-refractivity contribution >= 4 is 0 Å². The van der Waals surface area contributed by atoms with Gasteiger partial charge in [-0.3, -0.25) is 0 Å². The number of hydrogen-bond acceptors (Lipinski definition) is 6. The number of nitrogens with zero attached hydrogens (tertiary/aromatic N) is 1. The third kappa shape index (κ3) is 2.73. The molecule has 0 aliphatic heterocycles. The van der Waals surface area contributed by atoms with Gasteiger partial charge in [0.1, 0.15) is 18.3 Å². The highest BCUT2D eigenvalue weighted by Gasteiger charge is 2.29. The summed E-state index contributed by atoms with van der Waals surface area (Å²) in [4.78, 5) is 0. The molecule has 0 unspecified atom stereocenters. The van der Waals surface area contributed by atoms with E-state index in [1.807, 2.05) is 0 Å². The van der Waals surface area contributed by atoms with Crippen LogP contribution in [0.25, 0.3) is 0 Å². The zero-order valence-corrected chi connectivity index (χ0v) is 6.20. The second kappa shape index (κ2) is 5.03. The third-order valence-electron chi connectivity index (χ3n) is 1.39. The van der Waals surface area contributed by atoms with Crippen molar-refractivity contribution in [2.45, 2.75) is 24.4 Å². The first-order valence-corrected chi connectivity index (χ1v) is 3.27. The van der Waals surface area contributed by atoms with Gasteiger partial charge in [-0.05, 0) is 0 Å². The molecule has 0 aromatic carbocycles. The molecule has 70 valence electrons. The third-order valence-corrected chi connectivity index (χ3v) is 1.39. The number of aliphatic hydroxyl groups excluding tert-OH is 5. The summed E-state index contributed by atoms with van der Waals surface area (Å²) in [5, 5.41) is 51.7. The monoisotopic (exact) mass is 177 g/mol. The highest BCUT2D eigenvalue weighted by molar-refractivity contribution is 4.93. The van der Waals surface area contributed by atoms with Gasteiger partial charge in [-0.25, -0.2) is 0 Å². The van der Waals surface area contributed by atoms with E-state index in [-0.39, 0.29) is 0 Å². The molecule has 0 spiro atoms. The Bertz CT molecular complexity index is 168. The van der Waals surface area contributed by atoms with Crippen LogP contribution in [0.4, 0.5) is 0 Å². The van der Waals surface area contributed by atoms with E-state index in [2.05, 4.69) is 0 Å². The minimum absolute atomic E-state index is 0.754. The SMILES string of the molecule is N#C[C@@H](O)[C@H](O)[C@H](O)[C@H](O)CO. The van der Waals surface area contributed by atoms with Crippen LogP contribution in [0.15, 0.2) is 0 Å². The fourth-order valence-corrected chi connectivity index (χ4v) is 0.599. The molecule has 0 heterocycles. The van der Waals surface area contributed by atoms with Gasteiger partial charge in [0, 0.05) is 0 Å². The van der Waals surface area contributed by atoms with Gasteiger partial charge in [0.25, 0.3) is 0 Å². The van der Waals surface area contributed by atoms with Crippen LogP contribution in [-0.4, -0.2) is 56.6 Å². The van der Waals surface area contributed by atoms with Crippen molar-refractivity contribution in [3.8, 4) is 6.07 Å². The second-order valence-electron chi connectivity index (χ2n) is 2.31. The summed E-state index contributed by atoms with van der Waals surface area (Å²) in [6.07, 6.45) is -6.86. The first-order valence-electron chi connectivity index (χ1n) is 3.27. The van der Waals surface area contributed by atoms with Crippen molar-refractivity contribution in [3.63, 3.8) is 0 Å². The molecule has 6 heteroatoms.